The predicted molar refractivity (Wildman–Crippen MR) is 92.0 cm³/mol. The normalized spacial score (nSPS) is 10.3. The second kappa shape index (κ2) is 7.56. The third kappa shape index (κ3) is 4.42. The van der Waals surface area contributed by atoms with Gasteiger partial charge >= 0.3 is 0 Å². The summed E-state index contributed by atoms with van der Waals surface area (Å²) in [7, 11) is 1.74. The van der Waals surface area contributed by atoms with Crippen molar-refractivity contribution >= 4 is 39.1 Å². The fourth-order valence-corrected chi connectivity index (χ4v) is 3.09. The van der Waals surface area contributed by atoms with Gasteiger partial charge in [0, 0.05) is 22.0 Å². The first-order chi connectivity index (χ1) is 10.5. The van der Waals surface area contributed by atoms with Crippen LogP contribution in [0, 0.1) is 6.92 Å². The van der Waals surface area contributed by atoms with Crippen LogP contribution >= 0.6 is 27.3 Å². The quantitative estimate of drug-likeness (QED) is 0.865. The number of nitrogens with one attached hydrogen (secondary N) is 1. The number of thiophene rings is 1. The van der Waals surface area contributed by atoms with Gasteiger partial charge in [-0.1, -0.05) is 15.9 Å². The molecule has 0 saturated carbocycles. The molecule has 116 valence electrons. The van der Waals surface area contributed by atoms with Gasteiger partial charge < -0.3 is 10.2 Å². The van der Waals surface area contributed by atoms with Crippen molar-refractivity contribution in [1.82, 2.24) is 10.2 Å². The van der Waals surface area contributed by atoms with Gasteiger partial charge in [0.15, 0.2) is 0 Å². The van der Waals surface area contributed by atoms with Crippen LogP contribution < -0.4 is 5.32 Å². The lowest BCUT2D eigenvalue weighted by molar-refractivity contribution is -0.129. The van der Waals surface area contributed by atoms with Crippen LogP contribution in [0.15, 0.2) is 40.2 Å². The molecule has 1 aromatic carbocycles. The van der Waals surface area contributed by atoms with E-state index in [4.69, 9.17) is 0 Å². The van der Waals surface area contributed by atoms with E-state index < -0.39 is 0 Å². The molecule has 0 unspecified atom stereocenters. The highest BCUT2D eigenvalue weighted by Crippen LogP contribution is 2.17. The molecule has 1 heterocycles. The van der Waals surface area contributed by atoms with Crippen molar-refractivity contribution in [3.8, 4) is 0 Å². The topological polar surface area (TPSA) is 49.4 Å². The lowest BCUT2D eigenvalue weighted by Crippen LogP contribution is -2.37. The molecule has 0 radical (unpaired) electrons. The highest BCUT2D eigenvalue weighted by molar-refractivity contribution is 9.10. The smallest absolute Gasteiger partial charge is 0.251 e. The highest BCUT2D eigenvalue weighted by Gasteiger charge is 2.13. The number of amides is 2. The lowest BCUT2D eigenvalue weighted by Gasteiger charge is -2.17. The van der Waals surface area contributed by atoms with Crippen molar-refractivity contribution in [2.75, 3.05) is 13.6 Å². The summed E-state index contributed by atoms with van der Waals surface area (Å²) in [6.45, 7) is 2.59. The number of hydrogen-bond donors (Lipinski definition) is 1. The zero-order valence-corrected chi connectivity index (χ0v) is 14.8. The van der Waals surface area contributed by atoms with E-state index in [2.05, 4.69) is 21.2 Å². The average molecular weight is 381 g/mol. The molecule has 1 aromatic heterocycles. The van der Waals surface area contributed by atoms with Crippen LogP contribution in [-0.2, 0) is 11.3 Å². The number of nitrogens with zero attached hydrogens (tertiary/aromatic N) is 1. The maximum absolute atomic E-state index is 12.1. The fraction of sp³-hybridized carbons (Fsp3) is 0.250. The molecule has 1 N–H and O–H groups in total. The number of carbonyl (C=O) groups excluding carboxylic acids is 2. The summed E-state index contributed by atoms with van der Waals surface area (Å²) in [5, 5.41) is 4.66. The Bertz CT molecular complexity index is 667. The van der Waals surface area contributed by atoms with Crippen LogP contribution in [0.4, 0.5) is 0 Å². The zero-order chi connectivity index (χ0) is 16.1. The molecule has 0 fully saturated rings. The summed E-state index contributed by atoms with van der Waals surface area (Å²) in [5.74, 6) is -0.361. The molecule has 0 bridgehead atoms. The van der Waals surface area contributed by atoms with E-state index in [0.29, 0.717) is 12.1 Å². The molecule has 0 aliphatic rings. The molecular weight excluding hydrogens is 364 g/mol. The number of carbonyl (C=O) groups is 2. The minimum Gasteiger partial charge on any atom is -0.343 e. The van der Waals surface area contributed by atoms with Gasteiger partial charge in [-0.15, -0.1) is 11.3 Å². The first kappa shape index (κ1) is 16.7. The number of halogens is 1. The molecule has 0 aliphatic carbocycles. The maximum Gasteiger partial charge on any atom is 0.251 e. The van der Waals surface area contributed by atoms with Gasteiger partial charge in [0.1, 0.15) is 0 Å². The van der Waals surface area contributed by atoms with Crippen LogP contribution in [-0.4, -0.2) is 30.3 Å². The molecule has 0 atom stereocenters. The van der Waals surface area contributed by atoms with Gasteiger partial charge in [0.25, 0.3) is 5.91 Å². The Balaban J connectivity index is 1.85. The molecule has 4 nitrogen and oxygen atoms in total. The van der Waals surface area contributed by atoms with Crippen LogP contribution in [0.2, 0.25) is 0 Å². The SMILES string of the molecule is Cc1ccsc1CN(C)C(=O)CNC(=O)c1ccc(Br)cc1. The Morgan fingerprint density at radius 1 is 1.23 bits per heavy atom. The van der Waals surface area contributed by atoms with Gasteiger partial charge in [0.2, 0.25) is 5.91 Å². The molecule has 2 rings (SSSR count). The minimum atomic E-state index is -0.249. The Morgan fingerprint density at radius 2 is 1.91 bits per heavy atom. The lowest BCUT2D eigenvalue weighted by atomic mass is 10.2. The molecule has 22 heavy (non-hydrogen) atoms. The molecule has 2 amide bonds. The zero-order valence-electron chi connectivity index (χ0n) is 12.4. The Labute approximate surface area is 142 Å². The number of likely N-dealkylation sites (N-methyl/N-ethyl adjacent to an activating group) is 1. The van der Waals surface area contributed by atoms with Gasteiger partial charge in [-0.25, -0.2) is 0 Å². The molecule has 6 heteroatoms. The molecule has 0 saturated heterocycles. The number of aryl methyl sites for hydroxylation is 1. The molecular formula is C16H17BrN2O2S. The first-order valence-corrected chi connectivity index (χ1v) is 8.45. The highest BCUT2D eigenvalue weighted by atomic mass is 79.9. The maximum atomic E-state index is 12.1. The van der Waals surface area contributed by atoms with Crippen molar-refractivity contribution in [2.45, 2.75) is 13.5 Å². The van der Waals surface area contributed by atoms with Crippen LogP contribution in [0.5, 0.6) is 0 Å². The van der Waals surface area contributed by atoms with E-state index in [0.717, 1.165) is 9.35 Å². The largest absolute Gasteiger partial charge is 0.343 e. The number of hydrogen-bond acceptors (Lipinski definition) is 3. The van der Waals surface area contributed by atoms with E-state index in [1.54, 1.807) is 47.5 Å². The van der Waals surface area contributed by atoms with Crippen molar-refractivity contribution in [1.29, 1.82) is 0 Å². The van der Waals surface area contributed by atoms with E-state index in [1.165, 1.54) is 5.56 Å². The fourth-order valence-electron chi connectivity index (χ4n) is 1.86. The summed E-state index contributed by atoms with van der Waals surface area (Å²) < 4.78 is 0.908. The molecule has 0 aliphatic heterocycles. The summed E-state index contributed by atoms with van der Waals surface area (Å²) in [6, 6.07) is 9.05. The van der Waals surface area contributed by atoms with Crippen molar-refractivity contribution in [2.24, 2.45) is 0 Å². The second-order valence-corrected chi connectivity index (χ2v) is 6.88. The molecule has 0 spiro atoms. The van der Waals surface area contributed by atoms with E-state index in [9.17, 15) is 9.59 Å². The summed E-state index contributed by atoms with van der Waals surface area (Å²) in [6.07, 6.45) is 0. The van der Waals surface area contributed by atoms with Gasteiger partial charge in [-0.05, 0) is 48.2 Å². The van der Waals surface area contributed by atoms with Crippen molar-refractivity contribution in [3.05, 3.63) is 56.2 Å². The van der Waals surface area contributed by atoms with Gasteiger partial charge in [-0.2, -0.15) is 0 Å². The van der Waals surface area contributed by atoms with E-state index in [-0.39, 0.29) is 18.4 Å². The first-order valence-electron chi connectivity index (χ1n) is 6.78. The average Bonchev–Trinajstić information content (AvgIpc) is 2.90. The Morgan fingerprint density at radius 3 is 2.50 bits per heavy atom. The van der Waals surface area contributed by atoms with Crippen molar-refractivity contribution in [3.63, 3.8) is 0 Å². The summed E-state index contributed by atoms with van der Waals surface area (Å²) >= 11 is 4.95. The predicted octanol–water partition coefficient (Wildman–Crippen LogP) is 3.21. The van der Waals surface area contributed by atoms with Gasteiger partial charge in [0.05, 0.1) is 13.1 Å². The van der Waals surface area contributed by atoms with Crippen LogP contribution in [0.3, 0.4) is 0 Å². The number of benzene rings is 1. The summed E-state index contributed by atoms with van der Waals surface area (Å²) in [4.78, 5) is 26.8. The number of rotatable bonds is 5. The van der Waals surface area contributed by atoms with E-state index >= 15 is 0 Å². The summed E-state index contributed by atoms with van der Waals surface area (Å²) in [5.41, 5.74) is 1.72. The van der Waals surface area contributed by atoms with Gasteiger partial charge in [-0.3, -0.25) is 9.59 Å². The Hall–Kier alpha value is -1.66. The third-order valence-corrected chi connectivity index (χ3v) is 4.82. The minimum absolute atomic E-state index is 0.00415. The van der Waals surface area contributed by atoms with Crippen LogP contribution in [0.25, 0.3) is 0 Å². The van der Waals surface area contributed by atoms with Crippen molar-refractivity contribution < 1.29 is 9.59 Å². The second-order valence-electron chi connectivity index (χ2n) is 4.97. The molecule has 2 aromatic rings. The Kier molecular flexibility index (Phi) is 5.74. The van der Waals surface area contributed by atoms with Crippen LogP contribution in [0.1, 0.15) is 20.8 Å². The third-order valence-electron chi connectivity index (χ3n) is 3.28. The standard InChI is InChI=1S/C16H17BrN2O2S/c1-11-7-8-22-14(11)10-19(2)15(20)9-18-16(21)12-3-5-13(17)6-4-12/h3-8H,9-10H2,1-2H3,(H,18,21). The monoisotopic (exact) mass is 380 g/mol. The van der Waals surface area contributed by atoms with E-state index in [1.807, 2.05) is 18.4 Å².